The molecule has 3 aromatic heterocycles. The van der Waals surface area contributed by atoms with Crippen molar-refractivity contribution in [2.24, 2.45) is 5.10 Å². The van der Waals surface area contributed by atoms with Gasteiger partial charge >= 0.3 is 0 Å². The maximum atomic E-state index is 13.0. The number of furan rings is 1. The van der Waals surface area contributed by atoms with Crippen LogP contribution in [0.4, 0.5) is 0 Å². The lowest BCUT2D eigenvalue weighted by molar-refractivity contribution is -0.130. The number of aromatic nitrogens is 3. The first-order valence-electron chi connectivity index (χ1n) is 8.62. The average Bonchev–Trinajstić information content (AvgIpc) is 3.45. The van der Waals surface area contributed by atoms with Gasteiger partial charge < -0.3 is 8.98 Å². The van der Waals surface area contributed by atoms with Crippen LogP contribution in [0.3, 0.4) is 0 Å². The molecule has 1 aliphatic rings. The Balaban J connectivity index is 1.53. The molecule has 0 radical (unpaired) electrons. The molecule has 0 bridgehead atoms. The molecule has 1 amide bonds. The molecule has 0 spiro atoms. The summed E-state index contributed by atoms with van der Waals surface area (Å²) in [5.41, 5.74) is 0.794. The van der Waals surface area contributed by atoms with Crippen molar-refractivity contribution in [3.63, 3.8) is 0 Å². The molecular formula is C18H19N5O2S2. The van der Waals surface area contributed by atoms with Crippen LogP contribution in [0.15, 0.2) is 56.9 Å². The summed E-state index contributed by atoms with van der Waals surface area (Å²) in [5, 5.41) is 17.0. The maximum absolute atomic E-state index is 13.0. The van der Waals surface area contributed by atoms with Gasteiger partial charge in [0.15, 0.2) is 5.16 Å². The van der Waals surface area contributed by atoms with Crippen molar-refractivity contribution in [1.29, 1.82) is 0 Å². The van der Waals surface area contributed by atoms with E-state index in [1.807, 2.05) is 34.2 Å². The van der Waals surface area contributed by atoms with Crippen molar-refractivity contribution < 1.29 is 9.21 Å². The van der Waals surface area contributed by atoms with Gasteiger partial charge in [-0.15, -0.1) is 21.5 Å². The van der Waals surface area contributed by atoms with Crippen LogP contribution in [0.5, 0.6) is 0 Å². The summed E-state index contributed by atoms with van der Waals surface area (Å²) in [6.07, 6.45) is 3.96. The Bertz CT molecular complexity index is 931. The van der Waals surface area contributed by atoms with Crippen molar-refractivity contribution in [2.75, 3.05) is 5.75 Å². The molecule has 0 N–H and O–H groups in total. The Kier molecular flexibility index (Phi) is 5.13. The fourth-order valence-electron chi connectivity index (χ4n) is 2.92. The predicted molar refractivity (Wildman–Crippen MR) is 105 cm³/mol. The first-order valence-corrected chi connectivity index (χ1v) is 10.5. The Morgan fingerprint density at radius 3 is 3.00 bits per heavy atom. The van der Waals surface area contributed by atoms with Gasteiger partial charge in [-0.3, -0.25) is 4.79 Å². The van der Waals surface area contributed by atoms with Crippen molar-refractivity contribution in [2.45, 2.75) is 37.5 Å². The Morgan fingerprint density at radius 2 is 2.30 bits per heavy atom. The fraction of sp³-hybridized carbons (Fsp3) is 0.333. The molecule has 1 unspecified atom stereocenters. The van der Waals surface area contributed by atoms with Gasteiger partial charge in [0, 0.05) is 17.3 Å². The second kappa shape index (κ2) is 7.69. The van der Waals surface area contributed by atoms with E-state index in [0.717, 1.165) is 15.7 Å². The van der Waals surface area contributed by atoms with Crippen molar-refractivity contribution >= 4 is 34.7 Å². The third-order valence-electron chi connectivity index (χ3n) is 4.26. The number of thiophene rings is 1. The number of amides is 1. The van der Waals surface area contributed by atoms with Gasteiger partial charge in [-0.2, -0.15) is 5.10 Å². The summed E-state index contributed by atoms with van der Waals surface area (Å²) in [6.45, 7) is 4.12. The molecular weight excluding hydrogens is 382 g/mol. The largest absolute Gasteiger partial charge is 0.463 e. The van der Waals surface area contributed by atoms with E-state index in [4.69, 9.17) is 4.42 Å². The second-order valence-electron chi connectivity index (χ2n) is 6.40. The number of thioether (sulfide) groups is 1. The molecule has 0 aromatic carbocycles. The highest BCUT2D eigenvalue weighted by molar-refractivity contribution is 7.99. The van der Waals surface area contributed by atoms with Gasteiger partial charge in [0.2, 0.25) is 0 Å². The van der Waals surface area contributed by atoms with Gasteiger partial charge in [-0.1, -0.05) is 17.8 Å². The summed E-state index contributed by atoms with van der Waals surface area (Å²) in [5.74, 6) is 0.903. The highest BCUT2D eigenvalue weighted by atomic mass is 32.2. The highest BCUT2D eigenvalue weighted by Gasteiger charge is 2.34. The third-order valence-corrected chi connectivity index (χ3v) is 6.18. The van der Waals surface area contributed by atoms with Crippen molar-refractivity contribution in [3.05, 3.63) is 52.9 Å². The first kappa shape index (κ1) is 18.0. The van der Waals surface area contributed by atoms with Gasteiger partial charge in [-0.25, -0.2) is 5.01 Å². The second-order valence-corrected chi connectivity index (χ2v) is 8.32. The number of hydrogen-bond donors (Lipinski definition) is 0. The molecule has 1 aliphatic heterocycles. The number of carbonyl (C=O) groups is 1. The lowest BCUT2D eigenvalue weighted by atomic mass is 10.1. The number of rotatable bonds is 6. The molecule has 4 heterocycles. The lowest BCUT2D eigenvalue weighted by Crippen LogP contribution is -2.28. The van der Waals surface area contributed by atoms with E-state index in [-0.39, 0.29) is 23.7 Å². The van der Waals surface area contributed by atoms with Crippen LogP contribution in [-0.2, 0) is 4.79 Å². The standard InChI is InChI=1S/C18H19N5O2S2/c1-12(2)22-11-19-20-18(22)27-10-17(24)23-14(16-6-4-8-26-16)9-13(21-23)15-5-3-7-25-15/h3-8,11-12,14H,9-10H2,1-2H3. The fourth-order valence-corrected chi connectivity index (χ4v) is 4.62. The van der Waals surface area contributed by atoms with E-state index in [0.29, 0.717) is 12.2 Å². The van der Waals surface area contributed by atoms with Crippen LogP contribution in [0.2, 0.25) is 0 Å². The van der Waals surface area contributed by atoms with Crippen molar-refractivity contribution in [1.82, 2.24) is 19.8 Å². The molecule has 7 nitrogen and oxygen atoms in total. The highest BCUT2D eigenvalue weighted by Crippen LogP contribution is 2.35. The van der Waals surface area contributed by atoms with Crippen LogP contribution in [-0.4, -0.2) is 37.1 Å². The summed E-state index contributed by atoms with van der Waals surface area (Å²) in [7, 11) is 0. The summed E-state index contributed by atoms with van der Waals surface area (Å²) in [4.78, 5) is 14.1. The van der Waals surface area contributed by atoms with E-state index in [1.165, 1.54) is 11.8 Å². The summed E-state index contributed by atoms with van der Waals surface area (Å²) in [6, 6.07) is 7.88. The minimum Gasteiger partial charge on any atom is -0.463 e. The molecule has 27 heavy (non-hydrogen) atoms. The van der Waals surface area contributed by atoms with Gasteiger partial charge in [-0.05, 0) is 37.4 Å². The van der Waals surface area contributed by atoms with Crippen LogP contribution in [0.1, 0.15) is 43.0 Å². The molecule has 0 fully saturated rings. The minimum absolute atomic E-state index is 0.0572. The van der Waals surface area contributed by atoms with Crippen LogP contribution in [0.25, 0.3) is 0 Å². The predicted octanol–water partition coefficient (Wildman–Crippen LogP) is 3.98. The zero-order chi connectivity index (χ0) is 18.8. The summed E-state index contributed by atoms with van der Waals surface area (Å²) >= 11 is 3.02. The average molecular weight is 402 g/mol. The minimum atomic E-state index is -0.0961. The molecule has 9 heteroatoms. The van der Waals surface area contributed by atoms with Gasteiger partial charge in [0.1, 0.15) is 17.8 Å². The topological polar surface area (TPSA) is 76.5 Å². The van der Waals surface area contributed by atoms with Gasteiger partial charge in [0.25, 0.3) is 5.91 Å². The number of hydrogen-bond acceptors (Lipinski definition) is 7. The first-order chi connectivity index (χ1) is 13.1. The van der Waals surface area contributed by atoms with E-state index in [9.17, 15) is 4.79 Å². The molecule has 0 aliphatic carbocycles. The molecule has 4 rings (SSSR count). The summed E-state index contributed by atoms with van der Waals surface area (Å²) < 4.78 is 7.43. The third kappa shape index (κ3) is 3.70. The van der Waals surface area contributed by atoms with E-state index >= 15 is 0 Å². The normalized spacial score (nSPS) is 16.9. The molecule has 0 saturated carbocycles. The number of carbonyl (C=O) groups excluding carboxylic acids is 1. The Morgan fingerprint density at radius 1 is 1.41 bits per heavy atom. The number of hydrazone groups is 1. The van der Waals surface area contributed by atoms with Gasteiger partial charge in [0.05, 0.1) is 18.1 Å². The van der Waals surface area contributed by atoms with Crippen LogP contribution in [0, 0.1) is 0 Å². The lowest BCUT2D eigenvalue weighted by Gasteiger charge is -2.20. The smallest absolute Gasteiger partial charge is 0.253 e. The molecule has 0 saturated heterocycles. The maximum Gasteiger partial charge on any atom is 0.253 e. The van der Waals surface area contributed by atoms with E-state index in [2.05, 4.69) is 29.1 Å². The molecule has 3 aromatic rings. The van der Waals surface area contributed by atoms with Crippen LogP contribution < -0.4 is 0 Å². The zero-order valence-electron chi connectivity index (χ0n) is 15.0. The van der Waals surface area contributed by atoms with E-state index in [1.54, 1.807) is 28.9 Å². The Labute approximate surface area is 165 Å². The SMILES string of the molecule is CC(C)n1cnnc1SCC(=O)N1N=C(c2ccco2)CC1c1cccs1. The molecule has 140 valence electrons. The Hall–Kier alpha value is -2.39. The number of nitrogens with zero attached hydrogens (tertiary/aromatic N) is 5. The molecule has 1 atom stereocenters. The monoisotopic (exact) mass is 401 g/mol. The van der Waals surface area contributed by atoms with Crippen LogP contribution >= 0.6 is 23.1 Å². The van der Waals surface area contributed by atoms with Crippen molar-refractivity contribution in [3.8, 4) is 0 Å². The quantitative estimate of drug-likeness (QED) is 0.584. The van der Waals surface area contributed by atoms with E-state index < -0.39 is 0 Å². The zero-order valence-corrected chi connectivity index (χ0v) is 16.6.